The van der Waals surface area contributed by atoms with Crippen molar-refractivity contribution in [3.05, 3.63) is 58.5 Å². The average Bonchev–Trinajstić information content (AvgIpc) is 3.23. The molecule has 1 aromatic carbocycles. The first-order valence-corrected chi connectivity index (χ1v) is 9.46. The van der Waals surface area contributed by atoms with E-state index < -0.39 is 11.1 Å². The lowest BCUT2D eigenvalue weighted by Gasteiger charge is -2.12. The van der Waals surface area contributed by atoms with Crippen LogP contribution in [-0.4, -0.2) is 44.6 Å². The molecule has 1 aromatic heterocycles. The van der Waals surface area contributed by atoms with Gasteiger partial charge in [0.1, 0.15) is 6.54 Å². The lowest BCUT2D eigenvalue weighted by molar-refractivity contribution is -0.129. The highest BCUT2D eigenvalue weighted by molar-refractivity contribution is 8.18. The Morgan fingerprint density at radius 2 is 2.19 bits per heavy atom. The predicted octanol–water partition coefficient (Wildman–Crippen LogP) is 2.78. The van der Waals surface area contributed by atoms with E-state index in [0.717, 1.165) is 35.2 Å². The van der Waals surface area contributed by atoms with Gasteiger partial charge in [0.15, 0.2) is 0 Å². The Balaban J connectivity index is 1.51. The number of nitrogens with zero attached hydrogens (tertiary/aromatic N) is 3. The Hall–Kier alpha value is -2.58. The van der Waals surface area contributed by atoms with Crippen molar-refractivity contribution in [1.82, 2.24) is 19.8 Å². The summed E-state index contributed by atoms with van der Waals surface area (Å²) in [7, 11) is 0. The normalized spacial score (nSPS) is 15.6. The second-order valence-corrected chi connectivity index (χ2v) is 7.26. The standard InChI is InChI=1S/C18H17ClN4O3S/c19-14-4-1-3-13(9-14)10-15-17(25)23(18(26)27-15)11-16(24)21-5-2-7-22-8-6-20-12-22/h1,3-4,6,8-10,12H,2,5,7,11H2,(H,21,24)/b15-10-. The van der Waals surface area contributed by atoms with E-state index in [1.54, 1.807) is 42.9 Å². The molecule has 2 heterocycles. The number of imide groups is 1. The topological polar surface area (TPSA) is 84.3 Å². The summed E-state index contributed by atoms with van der Waals surface area (Å²) in [4.78, 5) is 41.7. The zero-order valence-corrected chi connectivity index (χ0v) is 15.9. The first kappa shape index (κ1) is 19.2. The zero-order chi connectivity index (χ0) is 19.2. The van der Waals surface area contributed by atoms with Gasteiger partial charge in [-0.05, 0) is 42.0 Å². The number of hydrogen-bond acceptors (Lipinski definition) is 5. The van der Waals surface area contributed by atoms with E-state index in [9.17, 15) is 14.4 Å². The maximum Gasteiger partial charge on any atom is 0.294 e. The molecular formula is C18H17ClN4O3S. The molecule has 1 saturated heterocycles. The highest BCUT2D eigenvalue weighted by atomic mass is 35.5. The molecule has 0 radical (unpaired) electrons. The van der Waals surface area contributed by atoms with E-state index in [-0.39, 0.29) is 17.4 Å². The van der Waals surface area contributed by atoms with Gasteiger partial charge in [0.2, 0.25) is 5.91 Å². The molecule has 1 fully saturated rings. The van der Waals surface area contributed by atoms with Crippen LogP contribution in [0.1, 0.15) is 12.0 Å². The van der Waals surface area contributed by atoms with Crippen molar-refractivity contribution in [2.75, 3.05) is 13.1 Å². The van der Waals surface area contributed by atoms with Crippen molar-refractivity contribution in [3.8, 4) is 0 Å². The molecule has 140 valence electrons. The number of hydrogen-bond donors (Lipinski definition) is 1. The van der Waals surface area contributed by atoms with E-state index in [1.807, 2.05) is 10.8 Å². The number of amides is 3. The molecule has 0 unspecified atom stereocenters. The monoisotopic (exact) mass is 404 g/mol. The minimum absolute atomic E-state index is 0.273. The Bertz CT molecular complexity index is 882. The van der Waals surface area contributed by atoms with Gasteiger partial charge in [-0.1, -0.05) is 23.7 Å². The van der Waals surface area contributed by atoms with E-state index in [1.165, 1.54) is 0 Å². The Morgan fingerprint density at radius 1 is 1.33 bits per heavy atom. The van der Waals surface area contributed by atoms with E-state index in [4.69, 9.17) is 11.6 Å². The van der Waals surface area contributed by atoms with Gasteiger partial charge in [-0.3, -0.25) is 19.3 Å². The number of aromatic nitrogens is 2. The van der Waals surface area contributed by atoms with Crippen molar-refractivity contribution in [1.29, 1.82) is 0 Å². The van der Waals surface area contributed by atoms with Gasteiger partial charge in [0.05, 0.1) is 11.2 Å². The van der Waals surface area contributed by atoms with Gasteiger partial charge in [0, 0.05) is 30.5 Å². The number of thioether (sulfide) groups is 1. The number of imidazole rings is 1. The molecule has 3 rings (SSSR count). The molecule has 1 aliphatic heterocycles. The molecule has 0 atom stereocenters. The van der Waals surface area contributed by atoms with Gasteiger partial charge >= 0.3 is 0 Å². The summed E-state index contributed by atoms with van der Waals surface area (Å²) in [6, 6.07) is 6.97. The van der Waals surface area contributed by atoms with Gasteiger partial charge < -0.3 is 9.88 Å². The summed E-state index contributed by atoms with van der Waals surface area (Å²) >= 11 is 6.75. The van der Waals surface area contributed by atoms with Crippen LogP contribution in [0.4, 0.5) is 4.79 Å². The molecule has 3 amide bonds. The molecule has 7 nitrogen and oxygen atoms in total. The maximum absolute atomic E-state index is 12.4. The van der Waals surface area contributed by atoms with Gasteiger partial charge in [0.25, 0.3) is 11.1 Å². The smallest absolute Gasteiger partial charge is 0.294 e. The fourth-order valence-electron chi connectivity index (χ4n) is 2.49. The van der Waals surface area contributed by atoms with Crippen LogP contribution in [0.2, 0.25) is 5.02 Å². The van der Waals surface area contributed by atoms with E-state index >= 15 is 0 Å². The number of benzene rings is 1. The quantitative estimate of drug-likeness (QED) is 0.566. The third-order valence-electron chi connectivity index (χ3n) is 3.80. The molecular weight excluding hydrogens is 388 g/mol. The minimum atomic E-state index is -0.474. The van der Waals surface area contributed by atoms with Crippen molar-refractivity contribution in [3.63, 3.8) is 0 Å². The SMILES string of the molecule is O=C(CN1C(=O)S/C(=C\c2cccc(Cl)c2)C1=O)NCCCn1ccnc1. The largest absolute Gasteiger partial charge is 0.354 e. The van der Waals surface area contributed by atoms with Gasteiger partial charge in [-0.25, -0.2) is 4.98 Å². The Labute approximate surface area is 165 Å². The summed E-state index contributed by atoms with van der Waals surface area (Å²) in [5, 5.41) is 2.80. The summed E-state index contributed by atoms with van der Waals surface area (Å²) in [6.45, 7) is 0.887. The average molecular weight is 405 g/mol. The summed E-state index contributed by atoms with van der Waals surface area (Å²) in [6.07, 6.45) is 7.55. The summed E-state index contributed by atoms with van der Waals surface area (Å²) < 4.78 is 1.91. The number of nitrogens with one attached hydrogen (secondary N) is 1. The Kier molecular flexibility index (Phi) is 6.31. The molecule has 0 spiro atoms. The summed E-state index contributed by atoms with van der Waals surface area (Å²) in [5.41, 5.74) is 0.719. The molecule has 1 aliphatic rings. The second-order valence-electron chi connectivity index (χ2n) is 5.83. The highest BCUT2D eigenvalue weighted by Gasteiger charge is 2.36. The Morgan fingerprint density at radius 3 is 2.93 bits per heavy atom. The molecule has 27 heavy (non-hydrogen) atoms. The molecule has 0 aliphatic carbocycles. The molecule has 2 aromatic rings. The third-order valence-corrected chi connectivity index (χ3v) is 4.94. The van der Waals surface area contributed by atoms with Crippen LogP contribution in [0.15, 0.2) is 47.9 Å². The van der Waals surface area contributed by atoms with Crippen molar-refractivity contribution in [2.45, 2.75) is 13.0 Å². The van der Waals surface area contributed by atoms with Crippen LogP contribution >= 0.6 is 23.4 Å². The van der Waals surface area contributed by atoms with Crippen LogP contribution in [0.3, 0.4) is 0 Å². The minimum Gasteiger partial charge on any atom is -0.354 e. The summed E-state index contributed by atoms with van der Waals surface area (Å²) in [5.74, 6) is -0.842. The van der Waals surface area contributed by atoms with Crippen molar-refractivity contribution in [2.24, 2.45) is 0 Å². The zero-order valence-electron chi connectivity index (χ0n) is 14.3. The van der Waals surface area contributed by atoms with Crippen LogP contribution < -0.4 is 5.32 Å². The predicted molar refractivity (Wildman–Crippen MR) is 104 cm³/mol. The number of rotatable bonds is 7. The van der Waals surface area contributed by atoms with Crippen LogP contribution in [0, 0.1) is 0 Å². The molecule has 0 bridgehead atoms. The molecule has 1 N–H and O–H groups in total. The third kappa shape index (κ3) is 5.21. The fourth-order valence-corrected chi connectivity index (χ4v) is 3.53. The van der Waals surface area contributed by atoms with Gasteiger partial charge in [-0.2, -0.15) is 0 Å². The lowest BCUT2D eigenvalue weighted by Crippen LogP contribution is -2.39. The van der Waals surface area contributed by atoms with E-state index in [2.05, 4.69) is 10.3 Å². The van der Waals surface area contributed by atoms with Crippen molar-refractivity contribution >= 4 is 46.5 Å². The molecule has 0 saturated carbocycles. The van der Waals surface area contributed by atoms with Crippen LogP contribution in [0.5, 0.6) is 0 Å². The first-order chi connectivity index (χ1) is 13.0. The van der Waals surface area contributed by atoms with Crippen molar-refractivity contribution < 1.29 is 14.4 Å². The maximum atomic E-state index is 12.4. The van der Waals surface area contributed by atoms with Gasteiger partial charge in [-0.15, -0.1) is 0 Å². The number of halogens is 1. The number of carbonyl (C=O) groups excluding carboxylic acids is 3. The molecule has 9 heteroatoms. The highest BCUT2D eigenvalue weighted by Crippen LogP contribution is 2.32. The number of aryl methyl sites for hydroxylation is 1. The second kappa shape index (κ2) is 8.88. The number of carbonyl (C=O) groups is 3. The fraction of sp³-hybridized carbons (Fsp3) is 0.222. The van der Waals surface area contributed by atoms with Crippen LogP contribution in [0.25, 0.3) is 6.08 Å². The van der Waals surface area contributed by atoms with Crippen LogP contribution in [-0.2, 0) is 16.1 Å². The first-order valence-electron chi connectivity index (χ1n) is 8.26. The lowest BCUT2D eigenvalue weighted by atomic mass is 10.2. The van der Waals surface area contributed by atoms with E-state index in [0.29, 0.717) is 11.6 Å².